The van der Waals surface area contributed by atoms with E-state index < -0.39 is 22.6 Å². The lowest BCUT2D eigenvalue weighted by molar-refractivity contribution is -0.145. The highest BCUT2D eigenvalue weighted by atomic mass is 79.9. The number of thioether (sulfide) groups is 1. The average molecular weight is 557 g/mol. The van der Waals surface area contributed by atoms with E-state index in [-0.39, 0.29) is 40.4 Å². The molecular formula is C25H38BrN3O4S. The molecule has 0 radical (unpaired) electrons. The molecule has 1 N–H and O–H groups in total. The van der Waals surface area contributed by atoms with E-state index in [0.717, 1.165) is 6.42 Å². The van der Waals surface area contributed by atoms with Crippen LogP contribution in [0, 0.1) is 11.8 Å². The van der Waals surface area contributed by atoms with E-state index in [1.54, 1.807) is 38.6 Å². The van der Waals surface area contributed by atoms with Crippen LogP contribution in [-0.2, 0) is 14.4 Å². The van der Waals surface area contributed by atoms with Crippen LogP contribution in [-0.4, -0.2) is 97.2 Å². The lowest BCUT2D eigenvalue weighted by Crippen LogP contribution is -2.57. The van der Waals surface area contributed by atoms with Crippen LogP contribution in [0.4, 0.5) is 0 Å². The van der Waals surface area contributed by atoms with Crippen molar-refractivity contribution >= 4 is 45.4 Å². The summed E-state index contributed by atoms with van der Waals surface area (Å²) in [5.74, 6) is -1.27. The topological polar surface area (TPSA) is 81.2 Å². The van der Waals surface area contributed by atoms with E-state index in [1.807, 2.05) is 20.8 Å². The summed E-state index contributed by atoms with van der Waals surface area (Å²) in [6.45, 7) is 15.2. The van der Waals surface area contributed by atoms with E-state index in [9.17, 15) is 19.5 Å². The number of fused-ring (bicyclic) bond motifs is 1. The van der Waals surface area contributed by atoms with Gasteiger partial charge in [0.25, 0.3) is 0 Å². The van der Waals surface area contributed by atoms with Gasteiger partial charge >= 0.3 is 0 Å². The smallest absolute Gasteiger partial charge is 0.247 e. The Kier molecular flexibility index (Phi) is 8.96. The van der Waals surface area contributed by atoms with E-state index in [0.29, 0.717) is 39.0 Å². The van der Waals surface area contributed by atoms with Gasteiger partial charge < -0.3 is 19.8 Å². The second-order valence-electron chi connectivity index (χ2n) is 9.72. The molecule has 3 rings (SSSR count). The van der Waals surface area contributed by atoms with E-state index in [4.69, 9.17) is 0 Å². The summed E-state index contributed by atoms with van der Waals surface area (Å²) in [6, 6.07) is -0.713. The third-order valence-electron chi connectivity index (χ3n) is 7.25. The Morgan fingerprint density at radius 2 is 1.97 bits per heavy atom. The maximum atomic E-state index is 14.0. The van der Waals surface area contributed by atoms with Crippen LogP contribution < -0.4 is 0 Å². The minimum Gasteiger partial charge on any atom is -0.396 e. The van der Waals surface area contributed by atoms with Gasteiger partial charge in [-0.15, -0.1) is 24.9 Å². The summed E-state index contributed by atoms with van der Waals surface area (Å²) in [4.78, 5) is 47.0. The van der Waals surface area contributed by atoms with Crippen molar-refractivity contribution in [3.05, 3.63) is 25.3 Å². The fourth-order valence-electron chi connectivity index (χ4n) is 5.95. The highest BCUT2D eigenvalue weighted by Crippen LogP contribution is 2.68. The number of amides is 3. The zero-order chi connectivity index (χ0) is 25.2. The maximum absolute atomic E-state index is 14.0. The largest absolute Gasteiger partial charge is 0.396 e. The number of hydrogen-bond donors (Lipinski definition) is 1. The summed E-state index contributed by atoms with van der Waals surface area (Å²) < 4.78 is -0.664. The first-order chi connectivity index (χ1) is 16.2. The van der Waals surface area contributed by atoms with Gasteiger partial charge in [0.05, 0.1) is 16.6 Å². The average Bonchev–Trinajstić information content (AvgIpc) is 3.38. The maximum Gasteiger partial charge on any atom is 0.247 e. The predicted molar refractivity (Wildman–Crippen MR) is 140 cm³/mol. The molecule has 9 heteroatoms. The molecule has 1 spiro atoms. The highest BCUT2D eigenvalue weighted by molar-refractivity contribution is 9.09. The number of halogens is 1. The molecule has 190 valence electrons. The quantitative estimate of drug-likeness (QED) is 0.296. The van der Waals surface area contributed by atoms with Gasteiger partial charge in [0.2, 0.25) is 17.7 Å². The van der Waals surface area contributed by atoms with Crippen LogP contribution in [0.3, 0.4) is 0 Å². The standard InChI is InChI=1S/C25H38BrN3O4S/c1-6-10-27(11-7-2)22(31)18-19-23(32)29(13-9-14-30)21(24(33)28(12-8-3)16(4)5)25(19)15-17(26)20(18)34-25/h6,8,16-21,30H,1,3,7,9-15H2,2,4-5H3/t17?,18-,19+,20-,21?,25?/m1/s1. The summed E-state index contributed by atoms with van der Waals surface area (Å²) >= 11 is 5.46. The molecule has 0 aromatic rings. The van der Waals surface area contributed by atoms with Crippen molar-refractivity contribution in [2.24, 2.45) is 11.8 Å². The Labute approximate surface area is 216 Å². The zero-order valence-electron chi connectivity index (χ0n) is 20.5. The zero-order valence-corrected chi connectivity index (χ0v) is 22.9. The number of likely N-dealkylation sites (tertiary alicyclic amines) is 1. The summed E-state index contributed by atoms with van der Waals surface area (Å²) in [7, 11) is 0. The predicted octanol–water partition coefficient (Wildman–Crippen LogP) is 2.68. The number of alkyl halides is 1. The third kappa shape index (κ3) is 4.48. The minimum absolute atomic E-state index is 0.0226. The number of nitrogens with zero attached hydrogens (tertiary/aromatic N) is 3. The Morgan fingerprint density at radius 1 is 1.29 bits per heavy atom. The molecule has 3 unspecified atom stereocenters. The number of aliphatic hydroxyl groups excluding tert-OH is 1. The van der Waals surface area contributed by atoms with Gasteiger partial charge in [-0.25, -0.2) is 0 Å². The molecule has 3 saturated heterocycles. The number of carbonyl (C=O) groups excluding carboxylic acids is 3. The molecule has 0 aromatic heterocycles. The normalized spacial score (nSPS) is 31.6. The molecule has 7 nitrogen and oxygen atoms in total. The highest BCUT2D eigenvalue weighted by Gasteiger charge is 2.76. The van der Waals surface area contributed by atoms with Crippen LogP contribution >= 0.6 is 27.7 Å². The summed E-state index contributed by atoms with van der Waals surface area (Å²) in [5, 5.41) is 9.43. The van der Waals surface area contributed by atoms with Crippen LogP contribution in [0.25, 0.3) is 0 Å². The first kappa shape index (κ1) is 27.3. The lowest BCUT2D eigenvalue weighted by atomic mass is 9.70. The van der Waals surface area contributed by atoms with Gasteiger partial charge in [0.1, 0.15) is 6.04 Å². The Hall–Kier alpha value is -1.32. The fraction of sp³-hybridized carbons (Fsp3) is 0.720. The Bertz CT molecular complexity index is 824. The molecule has 3 aliphatic rings. The van der Waals surface area contributed by atoms with Crippen molar-refractivity contribution in [3.63, 3.8) is 0 Å². The lowest BCUT2D eigenvalue weighted by Gasteiger charge is -2.39. The van der Waals surface area contributed by atoms with Gasteiger partial charge in [0.15, 0.2) is 0 Å². The van der Waals surface area contributed by atoms with Crippen molar-refractivity contribution < 1.29 is 19.5 Å². The molecule has 0 aromatic carbocycles. The van der Waals surface area contributed by atoms with Crippen LogP contribution in [0.5, 0.6) is 0 Å². The van der Waals surface area contributed by atoms with E-state index in [1.165, 1.54) is 0 Å². The Morgan fingerprint density at radius 3 is 2.53 bits per heavy atom. The number of rotatable bonds is 12. The van der Waals surface area contributed by atoms with E-state index >= 15 is 0 Å². The number of hydrogen-bond acceptors (Lipinski definition) is 5. The molecule has 6 atom stereocenters. The van der Waals surface area contributed by atoms with Crippen molar-refractivity contribution in [2.45, 2.75) is 66.9 Å². The molecular weight excluding hydrogens is 518 g/mol. The number of aliphatic hydroxyl groups is 1. The summed E-state index contributed by atoms with van der Waals surface area (Å²) in [6.07, 6.45) is 5.30. The number of carbonyl (C=O) groups is 3. The third-order valence-corrected chi connectivity index (χ3v) is 10.5. The molecule has 3 heterocycles. The van der Waals surface area contributed by atoms with Gasteiger partial charge in [-0.2, -0.15) is 0 Å². The van der Waals surface area contributed by atoms with Gasteiger partial charge in [-0.1, -0.05) is 35.0 Å². The molecule has 34 heavy (non-hydrogen) atoms. The van der Waals surface area contributed by atoms with Crippen molar-refractivity contribution in [1.29, 1.82) is 0 Å². The Balaban J connectivity index is 2.06. The molecule has 0 saturated carbocycles. The van der Waals surface area contributed by atoms with Crippen LogP contribution in [0.15, 0.2) is 25.3 Å². The minimum atomic E-state index is -0.664. The van der Waals surface area contributed by atoms with Gasteiger partial charge in [-0.3, -0.25) is 14.4 Å². The van der Waals surface area contributed by atoms with Gasteiger partial charge in [-0.05, 0) is 33.1 Å². The second kappa shape index (κ2) is 11.2. The summed E-state index contributed by atoms with van der Waals surface area (Å²) in [5.41, 5.74) is 0. The first-order valence-corrected chi connectivity index (χ1v) is 14.0. The van der Waals surface area contributed by atoms with E-state index in [2.05, 4.69) is 29.1 Å². The molecule has 2 bridgehead atoms. The van der Waals surface area contributed by atoms with Crippen LogP contribution in [0.1, 0.15) is 40.0 Å². The molecule has 3 fully saturated rings. The second-order valence-corrected chi connectivity index (χ2v) is 12.4. The first-order valence-electron chi connectivity index (χ1n) is 12.2. The molecule has 3 aliphatic heterocycles. The van der Waals surface area contributed by atoms with Crippen molar-refractivity contribution in [1.82, 2.24) is 14.7 Å². The SMILES string of the molecule is C=CCN(CCC)C(=O)[C@H]1[C@@H]2SC3(CC2Br)C(C(=O)N(CC=C)C(C)C)N(CCCO)C(=O)[C@H]13. The monoisotopic (exact) mass is 555 g/mol. The van der Waals surface area contributed by atoms with Crippen LogP contribution in [0.2, 0.25) is 0 Å². The molecule has 0 aliphatic carbocycles. The van der Waals surface area contributed by atoms with Gasteiger partial charge in [0, 0.05) is 48.9 Å². The van der Waals surface area contributed by atoms with Crippen molar-refractivity contribution in [3.8, 4) is 0 Å². The molecule has 3 amide bonds. The fourth-order valence-corrected chi connectivity index (χ4v) is 9.55. The van der Waals surface area contributed by atoms with Crippen molar-refractivity contribution in [2.75, 3.05) is 32.8 Å².